The van der Waals surface area contributed by atoms with Crippen molar-refractivity contribution in [2.75, 3.05) is 7.11 Å². The molecule has 0 aliphatic rings. The third-order valence-electron chi connectivity index (χ3n) is 4.00. The van der Waals surface area contributed by atoms with Gasteiger partial charge in [-0.25, -0.2) is 9.67 Å². The Hall–Kier alpha value is -2.51. The molecule has 4 aromatic heterocycles. The lowest BCUT2D eigenvalue weighted by Crippen LogP contribution is -2.10. The molecule has 0 saturated carbocycles. The van der Waals surface area contributed by atoms with E-state index >= 15 is 0 Å². The van der Waals surface area contributed by atoms with E-state index in [2.05, 4.69) is 25.8 Å². The van der Waals surface area contributed by atoms with Crippen molar-refractivity contribution in [3.05, 3.63) is 58.8 Å². The van der Waals surface area contributed by atoms with E-state index in [1.165, 1.54) is 4.88 Å². The minimum Gasteiger partial charge on any atom is -0.374 e. The lowest BCUT2D eigenvalue weighted by molar-refractivity contribution is 0.0869. The van der Waals surface area contributed by atoms with E-state index in [4.69, 9.17) is 4.74 Å². The van der Waals surface area contributed by atoms with Gasteiger partial charge in [0.25, 0.3) is 0 Å². The monoisotopic (exact) mass is 339 g/mol. The average Bonchev–Trinajstić information content (AvgIpc) is 3.33. The molecule has 0 saturated heterocycles. The van der Waals surface area contributed by atoms with Crippen LogP contribution in [0.15, 0.2) is 48.1 Å². The highest BCUT2D eigenvalue weighted by Gasteiger charge is 2.16. The van der Waals surface area contributed by atoms with E-state index in [0.29, 0.717) is 6.54 Å². The third kappa shape index (κ3) is 2.61. The van der Waals surface area contributed by atoms with Gasteiger partial charge in [0.05, 0.1) is 18.3 Å². The number of hydrogen-bond donors (Lipinski definition) is 0. The molecule has 0 radical (unpaired) electrons. The predicted molar refractivity (Wildman–Crippen MR) is 93.0 cm³/mol. The minimum absolute atomic E-state index is 0.0278. The van der Waals surface area contributed by atoms with Gasteiger partial charge in [0.15, 0.2) is 0 Å². The summed E-state index contributed by atoms with van der Waals surface area (Å²) in [7, 11) is 1.72. The molecular weight excluding hydrogens is 322 g/mol. The van der Waals surface area contributed by atoms with Crippen LogP contribution in [0, 0.1) is 6.92 Å². The van der Waals surface area contributed by atoms with Gasteiger partial charge in [-0.2, -0.15) is 0 Å². The summed E-state index contributed by atoms with van der Waals surface area (Å²) >= 11 is 1.68. The van der Waals surface area contributed by atoms with Gasteiger partial charge in [-0.15, -0.1) is 16.4 Å². The maximum absolute atomic E-state index is 5.59. The van der Waals surface area contributed by atoms with Crippen LogP contribution in [0.5, 0.6) is 0 Å². The van der Waals surface area contributed by atoms with Crippen molar-refractivity contribution in [3.63, 3.8) is 0 Å². The lowest BCUT2D eigenvalue weighted by atomic mass is 10.2. The number of aryl methyl sites for hydroxylation is 1. The number of ether oxygens (including phenoxy) is 1. The first kappa shape index (κ1) is 15.0. The summed E-state index contributed by atoms with van der Waals surface area (Å²) in [5.41, 5.74) is 2.65. The summed E-state index contributed by atoms with van der Waals surface area (Å²) in [5.74, 6) is 0.934. The molecule has 0 unspecified atom stereocenters. The van der Waals surface area contributed by atoms with Crippen molar-refractivity contribution >= 4 is 16.9 Å². The van der Waals surface area contributed by atoms with Crippen molar-refractivity contribution in [1.82, 2.24) is 24.4 Å². The highest BCUT2D eigenvalue weighted by molar-refractivity contribution is 7.10. The molecule has 0 amide bonds. The zero-order chi connectivity index (χ0) is 16.5. The maximum Gasteiger partial charge on any atom is 0.133 e. The Morgan fingerprint density at radius 1 is 1.25 bits per heavy atom. The first-order valence-corrected chi connectivity index (χ1v) is 8.54. The van der Waals surface area contributed by atoms with Gasteiger partial charge in [0.1, 0.15) is 23.3 Å². The Kier molecular flexibility index (Phi) is 3.87. The molecule has 1 atom stereocenters. The number of thiophene rings is 1. The van der Waals surface area contributed by atoms with Crippen LogP contribution in [0.1, 0.15) is 16.8 Å². The van der Waals surface area contributed by atoms with Crippen LogP contribution in [0.25, 0.3) is 16.9 Å². The molecule has 4 heterocycles. The van der Waals surface area contributed by atoms with Crippen LogP contribution in [0.4, 0.5) is 0 Å². The fourth-order valence-electron chi connectivity index (χ4n) is 2.80. The van der Waals surface area contributed by atoms with Gasteiger partial charge in [-0.05, 0) is 30.5 Å². The molecule has 0 bridgehead atoms. The SMILES string of the molecule is CO[C@@H](Cn1cc(-c2nc(C)n3ccccc23)nn1)c1cccs1. The molecule has 24 heavy (non-hydrogen) atoms. The molecule has 0 aliphatic heterocycles. The Morgan fingerprint density at radius 2 is 2.17 bits per heavy atom. The summed E-state index contributed by atoms with van der Waals surface area (Å²) in [4.78, 5) is 5.82. The van der Waals surface area contributed by atoms with Gasteiger partial charge in [-0.3, -0.25) is 0 Å². The Morgan fingerprint density at radius 3 is 2.96 bits per heavy atom. The minimum atomic E-state index is -0.0278. The molecule has 7 heteroatoms. The maximum atomic E-state index is 5.59. The number of imidazole rings is 1. The third-order valence-corrected chi connectivity index (χ3v) is 4.97. The van der Waals surface area contributed by atoms with E-state index in [9.17, 15) is 0 Å². The molecule has 4 rings (SSSR count). The zero-order valence-electron chi connectivity index (χ0n) is 13.5. The molecular formula is C17H17N5OS. The van der Waals surface area contributed by atoms with Crippen LogP contribution in [-0.2, 0) is 11.3 Å². The Bertz CT molecular complexity index is 957. The number of hydrogen-bond acceptors (Lipinski definition) is 5. The highest BCUT2D eigenvalue weighted by Crippen LogP contribution is 2.25. The normalized spacial score (nSPS) is 12.8. The number of aromatic nitrogens is 5. The van der Waals surface area contributed by atoms with Crippen molar-refractivity contribution < 1.29 is 4.74 Å². The number of fused-ring (bicyclic) bond motifs is 1. The number of methoxy groups -OCH3 is 1. The van der Waals surface area contributed by atoms with Gasteiger partial charge >= 0.3 is 0 Å². The summed E-state index contributed by atoms with van der Waals surface area (Å²) in [5, 5.41) is 10.6. The summed E-state index contributed by atoms with van der Waals surface area (Å²) in [6.45, 7) is 2.60. The summed E-state index contributed by atoms with van der Waals surface area (Å²) < 4.78 is 9.46. The highest BCUT2D eigenvalue weighted by atomic mass is 32.1. The predicted octanol–water partition coefficient (Wildman–Crippen LogP) is 3.35. The summed E-state index contributed by atoms with van der Waals surface area (Å²) in [6.07, 6.45) is 3.90. The second-order valence-electron chi connectivity index (χ2n) is 5.53. The van der Waals surface area contributed by atoms with Crippen molar-refractivity contribution in [2.45, 2.75) is 19.6 Å². The van der Waals surface area contributed by atoms with E-state index in [1.54, 1.807) is 18.4 Å². The second-order valence-corrected chi connectivity index (χ2v) is 6.51. The molecule has 4 aromatic rings. The molecule has 6 nitrogen and oxygen atoms in total. The largest absolute Gasteiger partial charge is 0.374 e. The van der Waals surface area contributed by atoms with Crippen LogP contribution in [-0.4, -0.2) is 31.5 Å². The van der Waals surface area contributed by atoms with Gasteiger partial charge in [0, 0.05) is 18.2 Å². The van der Waals surface area contributed by atoms with E-state index < -0.39 is 0 Å². The molecule has 0 N–H and O–H groups in total. The quantitative estimate of drug-likeness (QED) is 0.559. The van der Waals surface area contributed by atoms with Crippen molar-refractivity contribution in [1.29, 1.82) is 0 Å². The standard InChI is InChI=1S/C17H17N5OS/c1-12-18-17(14-6-3-4-8-22(12)14)13-10-21(20-19-13)11-15(23-2)16-7-5-9-24-16/h3-10,15H,11H2,1-2H3/t15-/m0/s1. The van der Waals surface area contributed by atoms with Crippen molar-refractivity contribution in [2.24, 2.45) is 0 Å². The topological polar surface area (TPSA) is 57.2 Å². The van der Waals surface area contributed by atoms with E-state index in [1.807, 2.05) is 53.6 Å². The fourth-order valence-corrected chi connectivity index (χ4v) is 3.59. The zero-order valence-corrected chi connectivity index (χ0v) is 14.3. The van der Waals surface area contributed by atoms with Crippen LogP contribution in [0.3, 0.4) is 0 Å². The first-order valence-electron chi connectivity index (χ1n) is 7.66. The fraction of sp³-hybridized carbons (Fsp3) is 0.235. The lowest BCUT2D eigenvalue weighted by Gasteiger charge is -2.12. The van der Waals surface area contributed by atoms with E-state index in [0.717, 1.165) is 22.7 Å². The van der Waals surface area contributed by atoms with Gasteiger partial charge in [-0.1, -0.05) is 17.3 Å². The molecule has 0 fully saturated rings. The smallest absolute Gasteiger partial charge is 0.133 e. The van der Waals surface area contributed by atoms with E-state index in [-0.39, 0.29) is 6.10 Å². The van der Waals surface area contributed by atoms with Gasteiger partial charge < -0.3 is 9.14 Å². The van der Waals surface area contributed by atoms with Crippen LogP contribution < -0.4 is 0 Å². The molecule has 0 aromatic carbocycles. The Labute approximate surface area is 143 Å². The number of pyridine rings is 1. The number of nitrogens with zero attached hydrogens (tertiary/aromatic N) is 5. The average molecular weight is 339 g/mol. The Balaban J connectivity index is 1.65. The van der Waals surface area contributed by atoms with Crippen LogP contribution in [0.2, 0.25) is 0 Å². The van der Waals surface area contributed by atoms with Crippen LogP contribution >= 0.6 is 11.3 Å². The molecule has 0 spiro atoms. The first-order chi connectivity index (χ1) is 11.8. The van der Waals surface area contributed by atoms with Gasteiger partial charge in [0.2, 0.25) is 0 Å². The second kappa shape index (κ2) is 6.18. The van der Waals surface area contributed by atoms with Crippen molar-refractivity contribution in [3.8, 4) is 11.4 Å². The number of rotatable bonds is 5. The molecule has 122 valence electrons. The summed E-state index contributed by atoms with van der Waals surface area (Å²) in [6, 6.07) is 10.1. The molecule has 0 aliphatic carbocycles.